The molecule has 1 aromatic carbocycles. The lowest BCUT2D eigenvalue weighted by Crippen LogP contribution is -2.34. The molecule has 0 saturated carbocycles. The number of hydrogen-bond acceptors (Lipinski definition) is 4. The molecule has 3 aromatic rings. The van der Waals surface area contributed by atoms with Crippen LogP contribution in [0.4, 0.5) is 0 Å². The number of carbonyl (C=O) groups is 1. The molecule has 0 spiro atoms. The van der Waals surface area contributed by atoms with E-state index in [1.807, 2.05) is 55.5 Å². The third-order valence-corrected chi connectivity index (χ3v) is 4.01. The number of para-hydroxylation sites is 1. The van der Waals surface area contributed by atoms with Gasteiger partial charge in [0.15, 0.2) is 0 Å². The van der Waals surface area contributed by atoms with E-state index in [1.165, 1.54) is 0 Å². The van der Waals surface area contributed by atoms with Crippen LogP contribution in [0.3, 0.4) is 0 Å². The predicted molar refractivity (Wildman–Crippen MR) is 97.3 cm³/mol. The molecule has 0 fully saturated rings. The number of nitrogens with zero attached hydrogens (tertiary/aromatic N) is 3. The van der Waals surface area contributed by atoms with Gasteiger partial charge in [0.25, 0.3) is 5.91 Å². The van der Waals surface area contributed by atoms with Gasteiger partial charge in [0, 0.05) is 30.9 Å². The number of amides is 1. The van der Waals surface area contributed by atoms with Crippen LogP contribution in [0.1, 0.15) is 21.7 Å². The molecule has 5 nitrogen and oxygen atoms in total. The first-order chi connectivity index (χ1) is 12.2. The van der Waals surface area contributed by atoms with Crippen molar-refractivity contribution in [3.63, 3.8) is 0 Å². The van der Waals surface area contributed by atoms with E-state index in [1.54, 1.807) is 18.2 Å². The maximum atomic E-state index is 13.2. The van der Waals surface area contributed by atoms with Crippen molar-refractivity contribution in [3.05, 3.63) is 71.7 Å². The Morgan fingerprint density at radius 1 is 1.16 bits per heavy atom. The second kappa shape index (κ2) is 7.85. The fourth-order valence-corrected chi connectivity index (χ4v) is 2.80. The third-order valence-electron chi connectivity index (χ3n) is 4.01. The largest absolute Gasteiger partial charge is 0.383 e. The fourth-order valence-electron chi connectivity index (χ4n) is 2.80. The van der Waals surface area contributed by atoms with E-state index in [0.29, 0.717) is 25.3 Å². The van der Waals surface area contributed by atoms with E-state index < -0.39 is 0 Å². The van der Waals surface area contributed by atoms with Crippen LogP contribution in [0.5, 0.6) is 0 Å². The smallest absolute Gasteiger partial charge is 0.255 e. The standard InChI is InChI=1S/C20H21N3O2/c1-15-13-18(17-8-3-4-9-19(17)22-15)20(24)23(11-12-25-2)14-16-7-5-6-10-21-16/h3-10,13H,11-12,14H2,1-2H3. The molecule has 1 amide bonds. The van der Waals surface area contributed by atoms with Gasteiger partial charge in [-0.05, 0) is 31.2 Å². The minimum Gasteiger partial charge on any atom is -0.383 e. The minimum absolute atomic E-state index is 0.0376. The summed E-state index contributed by atoms with van der Waals surface area (Å²) in [5.41, 5.74) is 3.17. The Labute approximate surface area is 147 Å². The van der Waals surface area contributed by atoms with Gasteiger partial charge in [-0.15, -0.1) is 0 Å². The molecule has 0 bridgehead atoms. The van der Waals surface area contributed by atoms with Gasteiger partial charge >= 0.3 is 0 Å². The molecule has 3 rings (SSSR count). The van der Waals surface area contributed by atoms with Crippen molar-refractivity contribution < 1.29 is 9.53 Å². The molecule has 2 heterocycles. The van der Waals surface area contributed by atoms with E-state index in [0.717, 1.165) is 22.3 Å². The number of carbonyl (C=O) groups excluding carboxylic acids is 1. The second-order valence-electron chi connectivity index (χ2n) is 5.87. The van der Waals surface area contributed by atoms with Gasteiger partial charge in [0.1, 0.15) is 0 Å². The number of aryl methyl sites for hydroxylation is 1. The molecule has 0 aliphatic carbocycles. The summed E-state index contributed by atoms with van der Waals surface area (Å²) in [6.45, 7) is 3.32. The van der Waals surface area contributed by atoms with Gasteiger partial charge in [-0.3, -0.25) is 14.8 Å². The molecular formula is C20H21N3O2. The topological polar surface area (TPSA) is 55.3 Å². The number of aromatic nitrogens is 2. The minimum atomic E-state index is -0.0376. The van der Waals surface area contributed by atoms with Crippen molar-refractivity contribution in [2.45, 2.75) is 13.5 Å². The predicted octanol–water partition coefficient (Wildman–Crippen LogP) is 3.23. The van der Waals surface area contributed by atoms with Crippen LogP contribution in [0, 0.1) is 6.92 Å². The molecule has 2 aromatic heterocycles. The van der Waals surface area contributed by atoms with Crippen LogP contribution in [0.2, 0.25) is 0 Å². The SMILES string of the molecule is COCCN(Cc1ccccn1)C(=O)c1cc(C)nc2ccccc12. The summed E-state index contributed by atoms with van der Waals surface area (Å²) < 4.78 is 5.18. The number of hydrogen-bond donors (Lipinski definition) is 0. The van der Waals surface area contributed by atoms with E-state index >= 15 is 0 Å². The average molecular weight is 335 g/mol. The van der Waals surface area contributed by atoms with Crippen LogP contribution >= 0.6 is 0 Å². The molecule has 0 N–H and O–H groups in total. The number of methoxy groups -OCH3 is 1. The number of pyridine rings is 2. The summed E-state index contributed by atoms with van der Waals surface area (Å²) in [5.74, 6) is -0.0376. The molecule has 0 saturated heterocycles. The summed E-state index contributed by atoms with van der Waals surface area (Å²) in [4.78, 5) is 23.9. The lowest BCUT2D eigenvalue weighted by molar-refractivity contribution is 0.0679. The Kier molecular flexibility index (Phi) is 5.36. The maximum absolute atomic E-state index is 13.2. The van der Waals surface area contributed by atoms with Gasteiger partial charge < -0.3 is 9.64 Å². The lowest BCUT2D eigenvalue weighted by atomic mass is 10.1. The maximum Gasteiger partial charge on any atom is 0.255 e. The Balaban J connectivity index is 1.97. The molecule has 5 heteroatoms. The number of ether oxygens (including phenoxy) is 1. The average Bonchev–Trinajstić information content (AvgIpc) is 2.64. The highest BCUT2D eigenvalue weighted by atomic mass is 16.5. The third kappa shape index (κ3) is 4.00. The van der Waals surface area contributed by atoms with Crippen molar-refractivity contribution in [1.82, 2.24) is 14.9 Å². The van der Waals surface area contributed by atoms with Crippen LogP contribution in [-0.2, 0) is 11.3 Å². The van der Waals surface area contributed by atoms with Crippen LogP contribution in [0.25, 0.3) is 10.9 Å². The highest BCUT2D eigenvalue weighted by Crippen LogP contribution is 2.20. The van der Waals surface area contributed by atoms with Gasteiger partial charge in [-0.25, -0.2) is 0 Å². The zero-order chi connectivity index (χ0) is 17.6. The quantitative estimate of drug-likeness (QED) is 0.694. The van der Waals surface area contributed by atoms with Gasteiger partial charge in [-0.2, -0.15) is 0 Å². The molecular weight excluding hydrogens is 314 g/mol. The molecule has 128 valence electrons. The van der Waals surface area contributed by atoms with Crippen LogP contribution in [0.15, 0.2) is 54.7 Å². The van der Waals surface area contributed by atoms with Crippen molar-refractivity contribution in [2.75, 3.05) is 20.3 Å². The summed E-state index contributed by atoms with van der Waals surface area (Å²) in [7, 11) is 1.63. The Morgan fingerprint density at radius 2 is 1.96 bits per heavy atom. The lowest BCUT2D eigenvalue weighted by Gasteiger charge is -2.23. The Hall–Kier alpha value is -2.79. The van der Waals surface area contributed by atoms with E-state index in [9.17, 15) is 4.79 Å². The first kappa shape index (κ1) is 17.0. The summed E-state index contributed by atoms with van der Waals surface area (Å²) in [6, 6.07) is 15.3. The molecule has 0 radical (unpaired) electrons. The number of benzene rings is 1. The highest BCUT2D eigenvalue weighted by Gasteiger charge is 2.19. The summed E-state index contributed by atoms with van der Waals surface area (Å²) in [5, 5.41) is 0.863. The van der Waals surface area contributed by atoms with Gasteiger partial charge in [0.05, 0.1) is 29.9 Å². The van der Waals surface area contributed by atoms with Crippen LogP contribution < -0.4 is 0 Å². The van der Waals surface area contributed by atoms with E-state index in [4.69, 9.17) is 4.74 Å². The van der Waals surface area contributed by atoms with Crippen LogP contribution in [-0.4, -0.2) is 41.0 Å². The zero-order valence-corrected chi connectivity index (χ0v) is 14.5. The Bertz CT molecular complexity index is 865. The first-order valence-electron chi connectivity index (χ1n) is 8.23. The van der Waals surface area contributed by atoms with Crippen molar-refractivity contribution >= 4 is 16.8 Å². The molecule has 0 unspecified atom stereocenters. The zero-order valence-electron chi connectivity index (χ0n) is 14.5. The van der Waals surface area contributed by atoms with Crippen molar-refractivity contribution in [3.8, 4) is 0 Å². The molecule has 0 aliphatic rings. The van der Waals surface area contributed by atoms with Crippen molar-refractivity contribution in [2.24, 2.45) is 0 Å². The van der Waals surface area contributed by atoms with Crippen molar-refractivity contribution in [1.29, 1.82) is 0 Å². The normalized spacial score (nSPS) is 10.8. The summed E-state index contributed by atoms with van der Waals surface area (Å²) in [6.07, 6.45) is 1.74. The number of rotatable bonds is 6. The summed E-state index contributed by atoms with van der Waals surface area (Å²) >= 11 is 0. The van der Waals surface area contributed by atoms with Gasteiger partial charge in [0.2, 0.25) is 0 Å². The number of fused-ring (bicyclic) bond motifs is 1. The highest BCUT2D eigenvalue weighted by molar-refractivity contribution is 6.06. The second-order valence-corrected chi connectivity index (χ2v) is 5.87. The molecule has 25 heavy (non-hydrogen) atoms. The van der Waals surface area contributed by atoms with E-state index in [2.05, 4.69) is 9.97 Å². The van der Waals surface area contributed by atoms with E-state index in [-0.39, 0.29) is 5.91 Å². The fraction of sp³-hybridized carbons (Fsp3) is 0.250. The monoisotopic (exact) mass is 335 g/mol. The first-order valence-corrected chi connectivity index (χ1v) is 8.23. The van der Waals surface area contributed by atoms with Gasteiger partial charge in [-0.1, -0.05) is 24.3 Å². The molecule has 0 aliphatic heterocycles. The Morgan fingerprint density at radius 3 is 2.72 bits per heavy atom. The molecule has 0 atom stereocenters.